The lowest BCUT2D eigenvalue weighted by Crippen LogP contribution is -2.17. The highest BCUT2D eigenvalue weighted by molar-refractivity contribution is 8.18. The lowest BCUT2D eigenvalue weighted by molar-refractivity contribution is -0.115. The summed E-state index contributed by atoms with van der Waals surface area (Å²) in [5.41, 5.74) is 1.89. The van der Waals surface area contributed by atoms with Crippen LogP contribution in [0.2, 0.25) is 0 Å². The van der Waals surface area contributed by atoms with Crippen molar-refractivity contribution in [3.8, 4) is 17.6 Å². The van der Waals surface area contributed by atoms with Crippen LogP contribution < -0.4 is 5.32 Å². The van der Waals surface area contributed by atoms with Crippen molar-refractivity contribution in [2.75, 3.05) is 0 Å². The Bertz CT molecular complexity index is 1130. The smallest absolute Gasteiger partial charge is 0.290 e. The molecule has 7 heteroatoms. The fourth-order valence-electron chi connectivity index (χ4n) is 2.38. The van der Waals surface area contributed by atoms with E-state index in [1.807, 2.05) is 0 Å². The third-order valence-electron chi connectivity index (χ3n) is 3.57. The topological polar surface area (TPSA) is 92.4 Å². The van der Waals surface area contributed by atoms with E-state index in [2.05, 4.69) is 22.1 Å². The molecule has 3 heterocycles. The van der Waals surface area contributed by atoms with Crippen molar-refractivity contribution < 1.29 is 19.1 Å². The number of fused-ring (bicyclic) bond motifs is 1. The lowest BCUT2D eigenvalue weighted by Gasteiger charge is -1.93. The largest absolute Gasteiger partial charge is 0.508 e. The number of amides is 2. The summed E-state index contributed by atoms with van der Waals surface area (Å²) in [6.07, 6.45) is 4.75. The van der Waals surface area contributed by atoms with Gasteiger partial charge in [-0.2, -0.15) is 0 Å². The second-order valence-corrected chi connectivity index (χ2v) is 6.42. The molecular weight excluding hydrogens is 352 g/mol. The fraction of sp³-hybridized carbons (Fsp3) is 0. The van der Waals surface area contributed by atoms with Gasteiger partial charge in [0.05, 0.1) is 10.5 Å². The number of hydrogen-bond acceptors (Lipinski definition) is 6. The summed E-state index contributed by atoms with van der Waals surface area (Å²) in [6, 6.07) is 8.27. The molecule has 3 aromatic rings. The molecule has 4 rings (SSSR count). The van der Waals surface area contributed by atoms with Crippen molar-refractivity contribution in [3.63, 3.8) is 0 Å². The third-order valence-corrected chi connectivity index (χ3v) is 4.38. The highest BCUT2D eigenvalue weighted by Crippen LogP contribution is 2.28. The number of phenolic OH excluding ortho intramolecular Hbond substituents is 1. The Balaban J connectivity index is 1.70. The van der Waals surface area contributed by atoms with Crippen LogP contribution in [0.3, 0.4) is 0 Å². The second kappa shape index (κ2) is 6.43. The van der Waals surface area contributed by atoms with Crippen molar-refractivity contribution in [3.05, 3.63) is 64.5 Å². The Labute approximate surface area is 151 Å². The Morgan fingerprint density at radius 2 is 1.96 bits per heavy atom. The molecule has 1 aromatic carbocycles. The van der Waals surface area contributed by atoms with Crippen molar-refractivity contribution in [2.24, 2.45) is 0 Å². The Hall–Kier alpha value is -3.50. The van der Waals surface area contributed by atoms with Crippen molar-refractivity contribution in [2.45, 2.75) is 0 Å². The summed E-state index contributed by atoms with van der Waals surface area (Å²) >= 11 is 0.829. The minimum atomic E-state index is -0.439. The molecule has 0 atom stereocenters. The number of nitrogens with one attached hydrogen (secondary N) is 1. The molecule has 0 aliphatic carbocycles. The average Bonchev–Trinajstić information content (AvgIpc) is 3.17. The van der Waals surface area contributed by atoms with Gasteiger partial charge in [0, 0.05) is 29.4 Å². The maximum atomic E-state index is 11.6. The van der Waals surface area contributed by atoms with Crippen molar-refractivity contribution >= 4 is 40.0 Å². The number of furan rings is 1. The number of nitrogens with zero attached hydrogens (tertiary/aromatic N) is 1. The van der Waals surface area contributed by atoms with Crippen LogP contribution in [-0.4, -0.2) is 21.2 Å². The van der Waals surface area contributed by atoms with Gasteiger partial charge >= 0.3 is 0 Å². The van der Waals surface area contributed by atoms with Gasteiger partial charge in [-0.05, 0) is 42.1 Å². The Kier molecular flexibility index (Phi) is 3.95. The molecule has 6 nitrogen and oxygen atoms in total. The van der Waals surface area contributed by atoms with Gasteiger partial charge in [0.2, 0.25) is 0 Å². The molecule has 0 bridgehead atoms. The molecule has 1 fully saturated rings. The number of phenols is 1. The highest BCUT2D eigenvalue weighted by atomic mass is 32.2. The molecule has 0 saturated carbocycles. The van der Waals surface area contributed by atoms with E-state index in [0.717, 1.165) is 22.7 Å². The Morgan fingerprint density at radius 3 is 2.69 bits per heavy atom. The Morgan fingerprint density at radius 1 is 1.15 bits per heavy atom. The van der Waals surface area contributed by atoms with Crippen LogP contribution in [0, 0.1) is 11.8 Å². The number of thioether (sulfide) groups is 1. The molecule has 126 valence electrons. The summed E-state index contributed by atoms with van der Waals surface area (Å²) in [7, 11) is 0. The number of carbonyl (C=O) groups is 2. The second-order valence-electron chi connectivity index (χ2n) is 5.40. The number of hydrogen-bond donors (Lipinski definition) is 2. The van der Waals surface area contributed by atoms with Crippen LogP contribution >= 0.6 is 11.8 Å². The maximum Gasteiger partial charge on any atom is 0.290 e. The number of pyridine rings is 1. The minimum Gasteiger partial charge on any atom is -0.508 e. The SMILES string of the molecule is O=C1NC(=O)C(=Cc2cc3cncc(C#Cc4ccc(O)cc4)c3o2)S1. The van der Waals surface area contributed by atoms with Gasteiger partial charge in [0.15, 0.2) is 5.58 Å². The molecule has 2 amide bonds. The summed E-state index contributed by atoms with van der Waals surface area (Å²) in [6.45, 7) is 0. The number of benzene rings is 1. The fourth-order valence-corrected chi connectivity index (χ4v) is 3.04. The van der Waals surface area contributed by atoms with E-state index in [-0.39, 0.29) is 10.7 Å². The lowest BCUT2D eigenvalue weighted by atomic mass is 10.2. The van der Waals surface area contributed by atoms with Crippen LogP contribution in [-0.2, 0) is 4.79 Å². The molecule has 26 heavy (non-hydrogen) atoms. The monoisotopic (exact) mass is 362 g/mol. The van der Waals surface area contributed by atoms with Crippen LogP contribution in [0.5, 0.6) is 5.75 Å². The molecule has 1 saturated heterocycles. The summed E-state index contributed by atoms with van der Waals surface area (Å²) in [5.74, 6) is 6.16. The van der Waals surface area contributed by atoms with E-state index < -0.39 is 11.1 Å². The van der Waals surface area contributed by atoms with Gasteiger partial charge in [-0.25, -0.2) is 0 Å². The molecular formula is C19H10N2O4S. The molecule has 2 N–H and O–H groups in total. The number of aromatic nitrogens is 1. The molecule has 0 spiro atoms. The number of aromatic hydroxyl groups is 1. The van der Waals surface area contributed by atoms with E-state index in [0.29, 0.717) is 16.9 Å². The van der Waals surface area contributed by atoms with E-state index in [9.17, 15) is 14.7 Å². The molecule has 1 aliphatic rings. The molecule has 0 radical (unpaired) electrons. The summed E-state index contributed by atoms with van der Waals surface area (Å²) in [4.78, 5) is 27.3. The minimum absolute atomic E-state index is 0.176. The predicted octanol–water partition coefficient (Wildman–Crippen LogP) is 3.26. The van der Waals surface area contributed by atoms with E-state index in [1.165, 1.54) is 6.08 Å². The van der Waals surface area contributed by atoms with Gasteiger partial charge in [-0.15, -0.1) is 0 Å². The van der Waals surface area contributed by atoms with Crippen LogP contribution in [0.4, 0.5) is 4.79 Å². The van der Waals surface area contributed by atoms with Gasteiger partial charge in [0.1, 0.15) is 11.5 Å². The maximum absolute atomic E-state index is 11.6. The zero-order valence-electron chi connectivity index (χ0n) is 13.1. The first-order valence-electron chi connectivity index (χ1n) is 7.52. The number of imide groups is 1. The van der Waals surface area contributed by atoms with Crippen LogP contribution in [0.25, 0.3) is 17.0 Å². The zero-order chi connectivity index (χ0) is 18.1. The first kappa shape index (κ1) is 16.0. The first-order valence-corrected chi connectivity index (χ1v) is 8.33. The van der Waals surface area contributed by atoms with E-state index in [1.54, 1.807) is 42.7 Å². The summed E-state index contributed by atoms with van der Waals surface area (Å²) < 4.78 is 5.79. The van der Waals surface area contributed by atoms with E-state index in [4.69, 9.17) is 4.42 Å². The quantitative estimate of drug-likeness (QED) is 0.510. The standard InChI is InChI=1S/C19H10N2O4S/c22-14-5-2-11(3-6-14)1-4-12-9-20-10-13-7-15(25-17(12)13)8-16-18(23)21-19(24)26-16/h2-3,5-10,22H,(H,21,23,24). The van der Waals surface area contributed by atoms with Gasteiger partial charge < -0.3 is 9.52 Å². The summed E-state index contributed by atoms with van der Waals surface area (Å²) in [5, 5.41) is 11.8. The average molecular weight is 362 g/mol. The highest BCUT2D eigenvalue weighted by Gasteiger charge is 2.25. The molecule has 1 aliphatic heterocycles. The zero-order valence-corrected chi connectivity index (χ0v) is 14.0. The van der Waals surface area contributed by atoms with Gasteiger partial charge in [-0.3, -0.25) is 19.9 Å². The van der Waals surface area contributed by atoms with Crippen molar-refractivity contribution in [1.29, 1.82) is 0 Å². The first-order chi connectivity index (χ1) is 12.6. The van der Waals surface area contributed by atoms with Crippen molar-refractivity contribution in [1.82, 2.24) is 10.3 Å². The number of rotatable bonds is 1. The van der Waals surface area contributed by atoms with E-state index >= 15 is 0 Å². The third kappa shape index (κ3) is 3.18. The van der Waals surface area contributed by atoms with Crippen LogP contribution in [0.15, 0.2) is 52.0 Å². The van der Waals surface area contributed by atoms with Gasteiger partial charge in [-0.1, -0.05) is 11.8 Å². The molecule has 2 aromatic heterocycles. The normalized spacial score (nSPS) is 15.2. The molecule has 0 unspecified atom stereocenters. The van der Waals surface area contributed by atoms with Gasteiger partial charge in [0.25, 0.3) is 11.1 Å². The predicted molar refractivity (Wildman–Crippen MR) is 97.2 cm³/mol. The number of carbonyl (C=O) groups excluding carboxylic acids is 2. The van der Waals surface area contributed by atoms with Crippen LogP contribution in [0.1, 0.15) is 16.9 Å².